The number of likely N-dealkylation sites (tertiary alicyclic amines) is 2. The molecular weight excluding hydrogens is 532 g/mol. The SMILES string of the molecule is Cc1cc2c(C(=O)c3ccc(OCCN4CCCC4)cc3)c(-c3ccc(OCCN4CCCC4)cc3)sc2cc1O. The van der Waals surface area contributed by atoms with Crippen molar-refractivity contribution in [3.63, 3.8) is 0 Å². The van der Waals surface area contributed by atoms with Crippen LogP contribution in [0.2, 0.25) is 0 Å². The van der Waals surface area contributed by atoms with Crippen LogP contribution in [0.1, 0.15) is 47.2 Å². The van der Waals surface area contributed by atoms with E-state index in [-0.39, 0.29) is 11.5 Å². The van der Waals surface area contributed by atoms with E-state index in [1.54, 1.807) is 6.07 Å². The fraction of sp³-hybridized carbons (Fsp3) is 0.382. The average Bonchev–Trinajstić information content (AvgIpc) is 3.76. The molecule has 0 radical (unpaired) electrons. The maximum absolute atomic E-state index is 14.0. The molecule has 3 aromatic carbocycles. The van der Waals surface area contributed by atoms with Crippen molar-refractivity contribution < 1.29 is 19.4 Å². The number of carbonyl (C=O) groups is 1. The Morgan fingerprint density at radius 2 is 1.34 bits per heavy atom. The van der Waals surface area contributed by atoms with Gasteiger partial charge in [-0.05, 0) is 131 Å². The summed E-state index contributed by atoms with van der Waals surface area (Å²) in [5, 5.41) is 11.3. The molecule has 0 saturated carbocycles. The molecule has 0 atom stereocenters. The van der Waals surface area contributed by atoms with Gasteiger partial charge in [0.05, 0.1) is 0 Å². The number of rotatable bonds is 11. The highest BCUT2D eigenvalue weighted by Crippen LogP contribution is 2.42. The number of phenolic OH excluding ortho intramolecular Hbond substituents is 1. The van der Waals surface area contributed by atoms with Crippen LogP contribution in [0.25, 0.3) is 20.5 Å². The lowest BCUT2D eigenvalue weighted by Gasteiger charge is -2.15. The van der Waals surface area contributed by atoms with Gasteiger partial charge in [-0.1, -0.05) is 0 Å². The summed E-state index contributed by atoms with van der Waals surface area (Å²) in [6.07, 6.45) is 5.09. The summed E-state index contributed by atoms with van der Waals surface area (Å²) in [5.74, 6) is 1.81. The van der Waals surface area contributed by atoms with Gasteiger partial charge in [0.15, 0.2) is 5.78 Å². The lowest BCUT2D eigenvalue weighted by molar-refractivity contribution is 0.104. The molecule has 214 valence electrons. The van der Waals surface area contributed by atoms with Gasteiger partial charge >= 0.3 is 0 Å². The molecule has 6 nitrogen and oxygen atoms in total. The lowest BCUT2D eigenvalue weighted by atomic mass is 9.96. The quantitative estimate of drug-likeness (QED) is 0.201. The number of fused-ring (bicyclic) bond motifs is 1. The number of benzene rings is 3. The van der Waals surface area contributed by atoms with Crippen molar-refractivity contribution in [1.82, 2.24) is 9.80 Å². The van der Waals surface area contributed by atoms with E-state index >= 15 is 0 Å². The average molecular weight is 571 g/mol. The summed E-state index contributed by atoms with van der Waals surface area (Å²) >= 11 is 1.53. The Hall–Kier alpha value is -3.39. The van der Waals surface area contributed by atoms with Crippen LogP contribution in [-0.2, 0) is 0 Å². The molecule has 7 heteroatoms. The first-order valence-electron chi connectivity index (χ1n) is 14.8. The van der Waals surface area contributed by atoms with Gasteiger partial charge in [-0.3, -0.25) is 14.6 Å². The molecular formula is C34H38N2O4S. The smallest absolute Gasteiger partial charge is 0.195 e. The van der Waals surface area contributed by atoms with Crippen LogP contribution in [0.4, 0.5) is 0 Å². The summed E-state index contributed by atoms with van der Waals surface area (Å²) in [6, 6.07) is 19.2. The highest BCUT2D eigenvalue weighted by molar-refractivity contribution is 7.22. The van der Waals surface area contributed by atoms with Crippen molar-refractivity contribution in [2.75, 3.05) is 52.5 Å². The number of ketones is 1. The molecule has 2 aliphatic heterocycles. The molecule has 2 saturated heterocycles. The van der Waals surface area contributed by atoms with Gasteiger partial charge in [0, 0.05) is 39.2 Å². The fourth-order valence-corrected chi connectivity index (χ4v) is 7.04. The molecule has 41 heavy (non-hydrogen) atoms. The predicted molar refractivity (Wildman–Crippen MR) is 166 cm³/mol. The van der Waals surface area contributed by atoms with Crippen molar-refractivity contribution >= 4 is 27.2 Å². The number of hydrogen-bond acceptors (Lipinski definition) is 7. The molecule has 3 heterocycles. The van der Waals surface area contributed by atoms with Gasteiger partial charge in [0.1, 0.15) is 30.5 Å². The van der Waals surface area contributed by atoms with Crippen LogP contribution in [0.15, 0.2) is 60.7 Å². The molecule has 0 amide bonds. The van der Waals surface area contributed by atoms with E-state index in [1.807, 2.05) is 61.5 Å². The van der Waals surface area contributed by atoms with Crippen LogP contribution >= 0.6 is 11.3 Å². The maximum Gasteiger partial charge on any atom is 0.195 e. The normalized spacial score (nSPS) is 16.0. The first-order valence-corrected chi connectivity index (χ1v) is 15.6. The second-order valence-corrected chi connectivity index (χ2v) is 12.2. The van der Waals surface area contributed by atoms with Crippen LogP contribution in [-0.4, -0.2) is 73.2 Å². The molecule has 2 fully saturated rings. The third-order valence-electron chi connectivity index (χ3n) is 8.22. The molecule has 4 aromatic rings. The Morgan fingerprint density at radius 1 is 0.805 bits per heavy atom. The molecule has 0 unspecified atom stereocenters. The van der Waals surface area contributed by atoms with Gasteiger partial charge in [-0.25, -0.2) is 0 Å². The zero-order valence-electron chi connectivity index (χ0n) is 23.7. The van der Waals surface area contributed by atoms with Gasteiger partial charge < -0.3 is 14.6 Å². The minimum absolute atomic E-state index is 0.0362. The van der Waals surface area contributed by atoms with Gasteiger partial charge in [0.2, 0.25) is 0 Å². The molecule has 0 spiro atoms. The second-order valence-electron chi connectivity index (χ2n) is 11.1. The van der Waals surface area contributed by atoms with E-state index in [9.17, 15) is 9.90 Å². The number of nitrogens with zero attached hydrogens (tertiary/aromatic N) is 2. The highest BCUT2D eigenvalue weighted by atomic mass is 32.1. The largest absolute Gasteiger partial charge is 0.508 e. The second kappa shape index (κ2) is 12.6. The van der Waals surface area contributed by atoms with E-state index < -0.39 is 0 Å². The van der Waals surface area contributed by atoms with Crippen molar-refractivity contribution in [2.24, 2.45) is 0 Å². The van der Waals surface area contributed by atoms with Crippen LogP contribution in [0.5, 0.6) is 17.2 Å². The van der Waals surface area contributed by atoms with Crippen molar-refractivity contribution in [3.8, 4) is 27.7 Å². The summed E-state index contributed by atoms with van der Waals surface area (Å²) in [7, 11) is 0. The van der Waals surface area contributed by atoms with Crippen molar-refractivity contribution in [1.29, 1.82) is 0 Å². The number of phenols is 1. The van der Waals surface area contributed by atoms with Gasteiger partial charge in [-0.15, -0.1) is 11.3 Å². The molecule has 0 aliphatic carbocycles. The van der Waals surface area contributed by atoms with Crippen molar-refractivity contribution in [3.05, 3.63) is 77.4 Å². The first kappa shape index (κ1) is 27.8. The van der Waals surface area contributed by atoms with E-state index in [2.05, 4.69) is 9.80 Å². The fourth-order valence-electron chi connectivity index (χ4n) is 5.82. The lowest BCUT2D eigenvalue weighted by Crippen LogP contribution is -2.25. The Morgan fingerprint density at radius 3 is 1.90 bits per heavy atom. The topological polar surface area (TPSA) is 62.2 Å². The molecule has 6 rings (SSSR count). The molecule has 2 aliphatic rings. The minimum atomic E-state index is -0.0362. The highest BCUT2D eigenvalue weighted by Gasteiger charge is 2.23. The monoisotopic (exact) mass is 570 g/mol. The number of carbonyl (C=O) groups excluding carboxylic acids is 1. The van der Waals surface area contributed by atoms with Crippen LogP contribution in [0, 0.1) is 6.92 Å². The zero-order valence-corrected chi connectivity index (χ0v) is 24.5. The number of thiophene rings is 1. The minimum Gasteiger partial charge on any atom is -0.508 e. The van der Waals surface area contributed by atoms with Gasteiger partial charge in [0.25, 0.3) is 0 Å². The molecule has 0 bridgehead atoms. The standard InChI is InChI=1S/C34H38N2O4S/c1-24-22-29-31(23-30(24)37)41-34(26-8-12-28(13-9-26)40-21-19-36-16-4-5-17-36)32(29)33(38)25-6-10-27(11-7-25)39-20-18-35-14-2-3-15-35/h6-13,22-23,37H,2-5,14-21H2,1H3. The van der Waals surface area contributed by atoms with Gasteiger partial charge in [-0.2, -0.15) is 0 Å². The summed E-state index contributed by atoms with van der Waals surface area (Å²) in [4.78, 5) is 19.8. The zero-order chi connectivity index (χ0) is 28.2. The molecule has 1 aromatic heterocycles. The van der Waals surface area contributed by atoms with Crippen LogP contribution < -0.4 is 9.47 Å². The Bertz CT molecular complexity index is 1480. The number of aromatic hydroxyl groups is 1. The summed E-state index contributed by atoms with van der Waals surface area (Å²) in [5.41, 5.74) is 2.99. The third kappa shape index (κ3) is 6.43. The van der Waals surface area contributed by atoms with E-state index in [4.69, 9.17) is 9.47 Å². The Kier molecular flexibility index (Phi) is 8.56. The van der Waals surface area contributed by atoms with E-state index in [1.165, 1.54) is 37.0 Å². The Labute approximate surface area is 246 Å². The summed E-state index contributed by atoms with van der Waals surface area (Å²) in [6.45, 7) is 9.68. The number of ether oxygens (including phenoxy) is 2. The van der Waals surface area contributed by atoms with Crippen molar-refractivity contribution in [2.45, 2.75) is 32.6 Å². The third-order valence-corrected chi connectivity index (χ3v) is 9.42. The Balaban J connectivity index is 1.21. The maximum atomic E-state index is 14.0. The van der Waals surface area contributed by atoms with Crippen LogP contribution in [0.3, 0.4) is 0 Å². The van der Waals surface area contributed by atoms with E-state index in [0.29, 0.717) is 24.3 Å². The summed E-state index contributed by atoms with van der Waals surface area (Å²) < 4.78 is 12.9. The number of hydrogen-bond donors (Lipinski definition) is 1. The number of aryl methyl sites for hydroxylation is 1. The molecule has 1 N–H and O–H groups in total. The predicted octanol–water partition coefficient (Wildman–Crippen LogP) is 6.76. The van der Waals surface area contributed by atoms with E-state index in [0.717, 1.165) is 76.9 Å². The first-order chi connectivity index (χ1) is 20.0.